The molecule has 0 aliphatic heterocycles. The minimum Gasteiger partial charge on any atom is -0.748 e. The highest BCUT2D eigenvalue weighted by atomic mass is 32.2. The van der Waals surface area contributed by atoms with E-state index in [0.717, 1.165) is 37.0 Å². The standard InChI is InChI=1S/C17H22N2O6S2/c20-24-25-26-13-1-7-18-9-3-16(4-10-18)15-17-5-11-19(12-6-17)8-2-14-27(21,22)23/h3-6,9-12H,1-2,7-8,13-15H2. The van der Waals surface area contributed by atoms with Gasteiger partial charge in [0.1, 0.15) is 13.1 Å². The smallest absolute Gasteiger partial charge is 0.169 e. The second-order valence-corrected chi connectivity index (χ2v) is 8.30. The fourth-order valence-corrected chi connectivity index (χ4v) is 3.37. The third-order valence-electron chi connectivity index (χ3n) is 3.86. The Morgan fingerprint density at radius 3 is 1.93 bits per heavy atom. The molecular weight excluding hydrogens is 392 g/mol. The van der Waals surface area contributed by atoms with E-state index in [1.165, 1.54) is 5.56 Å². The van der Waals surface area contributed by atoms with Gasteiger partial charge in [0.15, 0.2) is 24.8 Å². The van der Waals surface area contributed by atoms with E-state index < -0.39 is 10.1 Å². The second kappa shape index (κ2) is 11.3. The Morgan fingerprint density at radius 2 is 1.44 bits per heavy atom. The molecule has 8 nitrogen and oxygen atoms in total. The molecule has 0 amide bonds. The van der Waals surface area contributed by atoms with Crippen molar-refractivity contribution in [3.63, 3.8) is 0 Å². The van der Waals surface area contributed by atoms with Gasteiger partial charge in [0.2, 0.25) is 0 Å². The van der Waals surface area contributed by atoms with Crippen LogP contribution < -0.4 is 14.4 Å². The average Bonchev–Trinajstić information content (AvgIpc) is 2.63. The Bertz CT molecular complexity index is 782. The summed E-state index contributed by atoms with van der Waals surface area (Å²) in [6.07, 6.45) is 9.76. The summed E-state index contributed by atoms with van der Waals surface area (Å²) in [5.41, 5.74) is 2.32. The lowest BCUT2D eigenvalue weighted by Gasteiger charge is -2.05. The molecule has 0 bridgehead atoms. The summed E-state index contributed by atoms with van der Waals surface area (Å²) in [4.78, 5) is 0. The molecular formula is C17H22N2O6S2. The highest BCUT2D eigenvalue weighted by Crippen LogP contribution is 2.07. The van der Waals surface area contributed by atoms with Crippen molar-refractivity contribution in [3.8, 4) is 0 Å². The first kappa shape index (κ1) is 21.7. The number of rotatable bonds is 12. The molecule has 0 fully saturated rings. The lowest BCUT2D eigenvalue weighted by atomic mass is 10.1. The van der Waals surface area contributed by atoms with Crippen LogP contribution >= 0.6 is 12.0 Å². The Balaban J connectivity index is 1.77. The van der Waals surface area contributed by atoms with Crippen molar-refractivity contribution in [2.45, 2.75) is 32.4 Å². The maximum Gasteiger partial charge on any atom is 0.169 e. The van der Waals surface area contributed by atoms with Crippen LogP contribution in [0.3, 0.4) is 0 Å². The van der Waals surface area contributed by atoms with Gasteiger partial charge in [0.05, 0.1) is 10.1 Å². The second-order valence-electron chi connectivity index (χ2n) is 5.99. The van der Waals surface area contributed by atoms with Crippen LogP contribution in [0.5, 0.6) is 0 Å². The van der Waals surface area contributed by atoms with Crippen molar-refractivity contribution in [1.82, 2.24) is 0 Å². The highest BCUT2D eigenvalue weighted by Gasteiger charge is 2.06. The molecule has 2 rings (SSSR count). The van der Waals surface area contributed by atoms with Gasteiger partial charge < -0.3 is 9.81 Å². The first-order chi connectivity index (χ1) is 13.0. The summed E-state index contributed by atoms with van der Waals surface area (Å²) >= 11 is 0.989. The summed E-state index contributed by atoms with van der Waals surface area (Å²) in [5, 5.41) is 12.9. The average molecular weight is 415 g/mol. The van der Waals surface area contributed by atoms with Crippen molar-refractivity contribution in [2.75, 3.05) is 11.5 Å². The molecule has 2 aromatic heterocycles. The maximum atomic E-state index is 10.6. The molecule has 148 valence electrons. The number of pyridine rings is 2. The van der Waals surface area contributed by atoms with Crippen LogP contribution in [0, 0.1) is 0 Å². The van der Waals surface area contributed by atoms with Gasteiger partial charge in [-0.3, -0.25) is 5.04 Å². The molecule has 2 heterocycles. The normalized spacial score (nSPS) is 11.6. The van der Waals surface area contributed by atoms with E-state index in [1.807, 2.05) is 41.5 Å². The van der Waals surface area contributed by atoms with Crippen LogP contribution in [-0.4, -0.2) is 24.5 Å². The summed E-state index contributed by atoms with van der Waals surface area (Å²) < 4.78 is 40.0. The quantitative estimate of drug-likeness (QED) is 0.121. The third kappa shape index (κ3) is 9.27. The summed E-state index contributed by atoms with van der Waals surface area (Å²) in [6.45, 7) is 1.32. The molecule has 0 radical (unpaired) electrons. The van der Waals surface area contributed by atoms with E-state index >= 15 is 0 Å². The van der Waals surface area contributed by atoms with Crippen molar-refractivity contribution < 1.29 is 36.7 Å². The topological polar surface area (TPSA) is 106 Å². The number of aromatic nitrogens is 2. The van der Waals surface area contributed by atoms with Gasteiger partial charge >= 0.3 is 0 Å². The molecule has 0 atom stereocenters. The fourth-order valence-electron chi connectivity index (χ4n) is 2.53. The van der Waals surface area contributed by atoms with Gasteiger partial charge in [-0.05, 0) is 17.5 Å². The molecule has 27 heavy (non-hydrogen) atoms. The monoisotopic (exact) mass is 414 g/mol. The molecule has 0 aromatic carbocycles. The molecule has 0 spiro atoms. The van der Waals surface area contributed by atoms with Crippen LogP contribution in [0.25, 0.3) is 0 Å². The summed E-state index contributed by atoms with van der Waals surface area (Å²) in [7, 11) is -4.15. The molecule has 0 aliphatic rings. The van der Waals surface area contributed by atoms with E-state index in [1.54, 1.807) is 0 Å². The van der Waals surface area contributed by atoms with Crippen molar-refractivity contribution in [1.29, 1.82) is 0 Å². The number of hydrogen-bond donors (Lipinski definition) is 0. The van der Waals surface area contributed by atoms with Crippen LogP contribution in [-0.2, 0) is 39.0 Å². The molecule has 2 aromatic rings. The van der Waals surface area contributed by atoms with Crippen molar-refractivity contribution in [2.24, 2.45) is 0 Å². The Labute approximate surface area is 163 Å². The maximum absolute atomic E-state index is 10.6. The van der Waals surface area contributed by atoms with Crippen LogP contribution in [0.15, 0.2) is 49.1 Å². The molecule has 0 aliphatic carbocycles. The van der Waals surface area contributed by atoms with Gasteiger partial charge in [-0.15, -0.1) is 0 Å². The third-order valence-corrected chi connectivity index (χ3v) is 5.25. The molecule has 0 N–H and O–H groups in total. The van der Waals surface area contributed by atoms with Gasteiger partial charge in [-0.2, -0.15) is 4.33 Å². The fraction of sp³-hybridized carbons (Fsp3) is 0.412. The Morgan fingerprint density at radius 1 is 0.926 bits per heavy atom. The molecule has 0 unspecified atom stereocenters. The molecule has 0 saturated heterocycles. The first-order valence-corrected chi connectivity index (χ1v) is 10.9. The van der Waals surface area contributed by atoms with E-state index in [-0.39, 0.29) is 5.75 Å². The van der Waals surface area contributed by atoms with Crippen LogP contribution in [0.1, 0.15) is 24.0 Å². The van der Waals surface area contributed by atoms with E-state index in [9.17, 15) is 18.2 Å². The highest BCUT2D eigenvalue weighted by molar-refractivity contribution is 7.94. The minimum atomic E-state index is -4.15. The number of hydrogen-bond acceptors (Lipinski definition) is 7. The lowest BCUT2D eigenvalue weighted by molar-refractivity contribution is -0.777. The SMILES string of the molecule is O=S(=O)([O-])CCC[n+]1ccc(Cc2cc[n+](CCCSOO[O-])cc2)cc1. The largest absolute Gasteiger partial charge is 0.748 e. The van der Waals surface area contributed by atoms with Gasteiger partial charge in [0.25, 0.3) is 0 Å². The van der Waals surface area contributed by atoms with Gasteiger partial charge in [-0.25, -0.2) is 17.6 Å². The predicted octanol–water partition coefficient (Wildman–Crippen LogP) is 0.0495. The van der Waals surface area contributed by atoms with Gasteiger partial charge in [-0.1, -0.05) is 0 Å². The molecule has 0 saturated carbocycles. The molecule has 10 heteroatoms. The first-order valence-electron chi connectivity index (χ1n) is 8.44. The zero-order valence-electron chi connectivity index (χ0n) is 14.7. The van der Waals surface area contributed by atoms with Gasteiger partial charge in [0, 0.05) is 60.7 Å². The van der Waals surface area contributed by atoms with E-state index in [2.05, 4.69) is 26.1 Å². The van der Waals surface area contributed by atoms with E-state index in [0.29, 0.717) is 18.7 Å². The zero-order valence-corrected chi connectivity index (χ0v) is 16.4. The van der Waals surface area contributed by atoms with Crippen molar-refractivity contribution >= 4 is 22.2 Å². The van der Waals surface area contributed by atoms with Crippen LogP contribution in [0.4, 0.5) is 0 Å². The number of aryl methyl sites for hydroxylation is 2. The lowest BCUT2D eigenvalue weighted by Crippen LogP contribution is -2.33. The number of nitrogens with zero attached hydrogens (tertiary/aromatic N) is 2. The summed E-state index contributed by atoms with van der Waals surface area (Å²) in [6, 6.07) is 8.10. The predicted molar refractivity (Wildman–Crippen MR) is 94.5 cm³/mol. The van der Waals surface area contributed by atoms with Crippen molar-refractivity contribution in [3.05, 3.63) is 60.2 Å². The Kier molecular flexibility index (Phi) is 9.11. The van der Waals surface area contributed by atoms with Crippen LogP contribution in [0.2, 0.25) is 0 Å². The summed E-state index contributed by atoms with van der Waals surface area (Å²) in [5.74, 6) is 0.325. The zero-order chi connectivity index (χ0) is 19.5. The van der Waals surface area contributed by atoms with E-state index in [4.69, 9.17) is 0 Å². The minimum absolute atomic E-state index is 0.309. The Hall–Kier alpha value is -1.56.